The van der Waals surface area contributed by atoms with Gasteiger partial charge in [-0.05, 0) is 32.0 Å². The zero-order chi connectivity index (χ0) is 14.4. The normalized spacial score (nSPS) is 11.7. The van der Waals surface area contributed by atoms with Gasteiger partial charge in [-0.2, -0.15) is 0 Å². The van der Waals surface area contributed by atoms with Crippen LogP contribution >= 0.6 is 11.8 Å². The van der Waals surface area contributed by atoms with Crippen LogP contribution in [0.1, 0.15) is 13.8 Å². The summed E-state index contributed by atoms with van der Waals surface area (Å²) in [6, 6.07) is 3.40. The molecule has 7 heteroatoms. The number of hydrogen-bond donors (Lipinski definition) is 3. The van der Waals surface area contributed by atoms with Crippen LogP contribution in [-0.4, -0.2) is 23.7 Å². The van der Waals surface area contributed by atoms with Gasteiger partial charge < -0.3 is 11.1 Å². The third kappa shape index (κ3) is 4.78. The molecule has 1 atom stereocenters. The fourth-order valence-electron chi connectivity index (χ4n) is 1.27. The molecule has 0 fully saturated rings. The van der Waals surface area contributed by atoms with E-state index in [1.165, 1.54) is 18.2 Å². The summed E-state index contributed by atoms with van der Waals surface area (Å²) < 4.78 is 13.1. The minimum atomic E-state index is -0.563. The molecule has 0 aliphatic carbocycles. The lowest BCUT2D eigenvalue weighted by Crippen LogP contribution is -2.42. The standard InChI is InChI=1S/C12H16FN3O2S/c1-3-15-12(18)16-11(17)7(2)19-10-6-8(13)4-5-9(10)14/h4-7H,3,14H2,1-2H3,(H2,15,16,17,18). The number of hydrogen-bond acceptors (Lipinski definition) is 4. The number of halogens is 1. The van der Waals surface area contributed by atoms with Crippen molar-refractivity contribution in [1.82, 2.24) is 10.6 Å². The van der Waals surface area contributed by atoms with Gasteiger partial charge in [-0.25, -0.2) is 9.18 Å². The molecule has 0 aliphatic heterocycles. The average Bonchev–Trinajstić information content (AvgIpc) is 2.34. The molecule has 4 N–H and O–H groups in total. The highest BCUT2D eigenvalue weighted by molar-refractivity contribution is 8.00. The van der Waals surface area contributed by atoms with E-state index < -0.39 is 23.0 Å². The average molecular weight is 285 g/mol. The van der Waals surface area contributed by atoms with Crippen molar-refractivity contribution in [2.45, 2.75) is 24.0 Å². The summed E-state index contributed by atoms with van der Waals surface area (Å²) in [5.41, 5.74) is 6.08. The molecule has 3 amide bonds. The van der Waals surface area contributed by atoms with Crippen LogP contribution in [0, 0.1) is 5.82 Å². The van der Waals surface area contributed by atoms with E-state index in [4.69, 9.17) is 5.73 Å². The molecular formula is C12H16FN3O2S. The van der Waals surface area contributed by atoms with E-state index in [2.05, 4.69) is 10.6 Å². The molecule has 1 unspecified atom stereocenters. The zero-order valence-corrected chi connectivity index (χ0v) is 11.5. The van der Waals surface area contributed by atoms with E-state index in [0.29, 0.717) is 17.1 Å². The molecular weight excluding hydrogens is 269 g/mol. The van der Waals surface area contributed by atoms with Gasteiger partial charge in [-0.3, -0.25) is 10.1 Å². The highest BCUT2D eigenvalue weighted by Gasteiger charge is 2.18. The lowest BCUT2D eigenvalue weighted by atomic mass is 10.3. The predicted octanol–water partition coefficient (Wildman–Crippen LogP) is 1.73. The number of amides is 3. The van der Waals surface area contributed by atoms with Crippen LogP contribution in [-0.2, 0) is 4.79 Å². The number of nitrogen functional groups attached to an aromatic ring is 1. The number of anilines is 1. The lowest BCUT2D eigenvalue weighted by molar-refractivity contribution is -0.119. The largest absolute Gasteiger partial charge is 0.398 e. The third-order valence-electron chi connectivity index (χ3n) is 2.22. The molecule has 104 valence electrons. The monoisotopic (exact) mass is 285 g/mol. The van der Waals surface area contributed by atoms with Gasteiger partial charge in [0.1, 0.15) is 5.82 Å². The van der Waals surface area contributed by atoms with Crippen molar-refractivity contribution >= 4 is 29.4 Å². The maximum Gasteiger partial charge on any atom is 0.321 e. The third-order valence-corrected chi connectivity index (χ3v) is 3.40. The number of nitrogens with one attached hydrogen (secondary N) is 2. The number of thioether (sulfide) groups is 1. The smallest absolute Gasteiger partial charge is 0.321 e. The lowest BCUT2D eigenvalue weighted by Gasteiger charge is -2.12. The number of nitrogens with two attached hydrogens (primary N) is 1. The Balaban J connectivity index is 2.63. The molecule has 1 rings (SSSR count). The Labute approximate surface area is 115 Å². The van der Waals surface area contributed by atoms with Gasteiger partial charge in [-0.15, -0.1) is 11.8 Å². The van der Waals surface area contributed by atoms with E-state index >= 15 is 0 Å². The topological polar surface area (TPSA) is 84.2 Å². The summed E-state index contributed by atoms with van der Waals surface area (Å²) in [6.45, 7) is 3.79. The van der Waals surface area contributed by atoms with Crippen molar-refractivity contribution in [2.24, 2.45) is 0 Å². The molecule has 0 aromatic heterocycles. The van der Waals surface area contributed by atoms with Crippen molar-refractivity contribution in [1.29, 1.82) is 0 Å². The minimum absolute atomic E-state index is 0.393. The van der Waals surface area contributed by atoms with Crippen molar-refractivity contribution in [3.05, 3.63) is 24.0 Å². The molecule has 0 saturated carbocycles. The number of rotatable bonds is 4. The SMILES string of the molecule is CCNC(=O)NC(=O)C(C)Sc1cc(F)ccc1N. The fourth-order valence-corrected chi connectivity index (χ4v) is 2.20. The Hall–Kier alpha value is -1.76. The highest BCUT2D eigenvalue weighted by Crippen LogP contribution is 2.29. The molecule has 1 aromatic rings. The molecule has 0 saturated heterocycles. The first kappa shape index (κ1) is 15.3. The van der Waals surface area contributed by atoms with Crippen molar-refractivity contribution in [3.63, 3.8) is 0 Å². The Kier molecular flexibility index (Phi) is 5.62. The minimum Gasteiger partial charge on any atom is -0.398 e. The maximum atomic E-state index is 13.1. The van der Waals surface area contributed by atoms with Gasteiger partial charge in [0.05, 0.1) is 5.25 Å². The molecule has 0 spiro atoms. The Morgan fingerprint density at radius 2 is 2.16 bits per heavy atom. The first-order valence-electron chi connectivity index (χ1n) is 5.74. The van der Waals surface area contributed by atoms with Crippen LogP contribution in [0.4, 0.5) is 14.9 Å². The molecule has 0 heterocycles. The summed E-state index contributed by atoms with van der Waals surface area (Å²) in [5, 5.41) is 4.08. The first-order valence-corrected chi connectivity index (χ1v) is 6.62. The van der Waals surface area contributed by atoms with Crippen molar-refractivity contribution < 1.29 is 14.0 Å². The van der Waals surface area contributed by atoms with Crippen molar-refractivity contribution in [2.75, 3.05) is 12.3 Å². The summed E-state index contributed by atoms with van der Waals surface area (Å²) in [6.07, 6.45) is 0. The number of benzene rings is 1. The second kappa shape index (κ2) is 6.98. The molecule has 1 aromatic carbocycles. The second-order valence-electron chi connectivity index (χ2n) is 3.79. The summed E-state index contributed by atoms with van der Waals surface area (Å²) in [7, 11) is 0. The second-order valence-corrected chi connectivity index (χ2v) is 5.17. The van der Waals surface area contributed by atoms with Crippen LogP contribution < -0.4 is 16.4 Å². The van der Waals surface area contributed by atoms with Crippen LogP contribution in [0.2, 0.25) is 0 Å². The van der Waals surface area contributed by atoms with Gasteiger partial charge >= 0.3 is 6.03 Å². The maximum absolute atomic E-state index is 13.1. The predicted molar refractivity (Wildman–Crippen MR) is 73.3 cm³/mol. The van der Waals surface area contributed by atoms with Crippen LogP contribution in [0.3, 0.4) is 0 Å². The highest BCUT2D eigenvalue weighted by atomic mass is 32.2. The van der Waals surface area contributed by atoms with Gasteiger partial charge in [0.15, 0.2) is 0 Å². The number of urea groups is 1. The van der Waals surface area contributed by atoms with E-state index in [9.17, 15) is 14.0 Å². The summed E-state index contributed by atoms with van der Waals surface area (Å²) in [5.74, 6) is -0.882. The van der Waals surface area contributed by atoms with Crippen LogP contribution in [0.5, 0.6) is 0 Å². The number of carbonyl (C=O) groups is 2. The first-order chi connectivity index (χ1) is 8.93. The summed E-state index contributed by atoms with van der Waals surface area (Å²) >= 11 is 1.10. The van der Waals surface area contributed by atoms with Gasteiger partial charge in [0.25, 0.3) is 0 Å². The fraction of sp³-hybridized carbons (Fsp3) is 0.333. The Morgan fingerprint density at radius 3 is 2.79 bits per heavy atom. The number of carbonyl (C=O) groups excluding carboxylic acids is 2. The van der Waals surface area contributed by atoms with E-state index in [-0.39, 0.29) is 0 Å². The van der Waals surface area contributed by atoms with Gasteiger partial charge in [-0.1, -0.05) is 0 Å². The Morgan fingerprint density at radius 1 is 1.47 bits per heavy atom. The molecule has 0 radical (unpaired) electrons. The van der Waals surface area contributed by atoms with Crippen LogP contribution in [0.25, 0.3) is 0 Å². The Bertz CT molecular complexity index is 482. The molecule has 5 nitrogen and oxygen atoms in total. The molecule has 0 aliphatic rings. The molecule has 19 heavy (non-hydrogen) atoms. The van der Waals surface area contributed by atoms with E-state index in [0.717, 1.165) is 11.8 Å². The van der Waals surface area contributed by atoms with Gasteiger partial charge in [0.2, 0.25) is 5.91 Å². The van der Waals surface area contributed by atoms with E-state index in [1.807, 2.05) is 0 Å². The van der Waals surface area contributed by atoms with Gasteiger partial charge in [0, 0.05) is 17.1 Å². The van der Waals surface area contributed by atoms with E-state index in [1.54, 1.807) is 13.8 Å². The zero-order valence-electron chi connectivity index (χ0n) is 10.7. The van der Waals surface area contributed by atoms with Crippen molar-refractivity contribution in [3.8, 4) is 0 Å². The molecule has 0 bridgehead atoms. The van der Waals surface area contributed by atoms with Crippen LogP contribution in [0.15, 0.2) is 23.1 Å². The summed E-state index contributed by atoms with van der Waals surface area (Å²) in [4.78, 5) is 23.4. The number of imide groups is 1. The quantitative estimate of drug-likeness (QED) is 0.581.